The van der Waals surface area contributed by atoms with Crippen molar-refractivity contribution in [1.82, 2.24) is 10.6 Å². The van der Waals surface area contributed by atoms with Gasteiger partial charge in [-0.15, -0.1) is 5.73 Å². The van der Waals surface area contributed by atoms with E-state index >= 15 is 0 Å². The molecular weight excluding hydrogens is 468 g/mol. The number of alkyl carbamates (subject to hydrolysis) is 1. The van der Waals surface area contributed by atoms with E-state index in [4.69, 9.17) is 9.47 Å². The Kier molecular flexibility index (Phi) is 11.3. The first-order valence-corrected chi connectivity index (χ1v) is 11.4. The fraction of sp³-hybridized carbons (Fsp3) is 0.385. The lowest BCUT2D eigenvalue weighted by molar-refractivity contribution is -0.154. The number of benzene rings is 1. The third-order valence-electron chi connectivity index (χ3n) is 5.49. The summed E-state index contributed by atoms with van der Waals surface area (Å²) in [6, 6.07) is 7.71. The van der Waals surface area contributed by atoms with Gasteiger partial charge in [0.15, 0.2) is 18.6 Å². The summed E-state index contributed by atoms with van der Waals surface area (Å²) in [5, 5.41) is 33.1. The van der Waals surface area contributed by atoms with Crippen LogP contribution in [0.3, 0.4) is 0 Å². The lowest BCUT2D eigenvalue weighted by Gasteiger charge is -2.27. The van der Waals surface area contributed by atoms with E-state index in [2.05, 4.69) is 22.9 Å². The molecule has 5 unspecified atom stereocenters. The first-order valence-electron chi connectivity index (χ1n) is 11.4. The first-order chi connectivity index (χ1) is 17.3. The van der Waals surface area contributed by atoms with Gasteiger partial charge in [0, 0.05) is 5.92 Å². The van der Waals surface area contributed by atoms with Gasteiger partial charge in [0.1, 0.15) is 19.3 Å². The van der Waals surface area contributed by atoms with Crippen LogP contribution in [0.25, 0.3) is 5.57 Å². The summed E-state index contributed by atoms with van der Waals surface area (Å²) >= 11 is 0. The number of amides is 2. The standard InChI is InChI=1S/C26H32N2O8/c1-4-6-9-19-17(5-2)18-10-7-8-11-20(18)21(19)15-35-26(34)27-12-24(33)28-25(22(32)13-29)36-23(14-30)16(3)31/h4-5,7-11,13,16,21-23,25,30-32H,2,12,14-15H2,1,3H3,(H,27,34)(H,28,33). The molecule has 5 N–H and O–H groups in total. The molecule has 36 heavy (non-hydrogen) atoms. The van der Waals surface area contributed by atoms with Gasteiger partial charge >= 0.3 is 6.09 Å². The van der Waals surface area contributed by atoms with Gasteiger partial charge < -0.3 is 40.2 Å². The average Bonchev–Trinajstić information content (AvgIpc) is 3.18. The number of aldehydes is 1. The molecule has 0 aliphatic heterocycles. The lowest BCUT2D eigenvalue weighted by atomic mass is 9.96. The molecule has 0 radical (unpaired) electrons. The topological polar surface area (TPSA) is 154 Å². The zero-order valence-electron chi connectivity index (χ0n) is 20.2. The van der Waals surface area contributed by atoms with Crippen LogP contribution < -0.4 is 10.6 Å². The van der Waals surface area contributed by atoms with E-state index in [1.54, 1.807) is 12.2 Å². The zero-order chi connectivity index (χ0) is 26.7. The maximum absolute atomic E-state index is 12.3. The second-order valence-electron chi connectivity index (χ2n) is 7.98. The monoisotopic (exact) mass is 500 g/mol. The number of carbonyl (C=O) groups excluding carboxylic acids is 3. The van der Waals surface area contributed by atoms with Gasteiger partial charge in [0.25, 0.3) is 0 Å². The summed E-state index contributed by atoms with van der Waals surface area (Å²) in [5.41, 5.74) is 6.83. The van der Waals surface area contributed by atoms with Gasteiger partial charge in [-0.05, 0) is 48.3 Å². The van der Waals surface area contributed by atoms with Crippen LogP contribution in [-0.4, -0.2) is 77.9 Å². The molecule has 0 aromatic heterocycles. The Morgan fingerprint density at radius 1 is 1.28 bits per heavy atom. The molecule has 0 heterocycles. The van der Waals surface area contributed by atoms with E-state index in [1.165, 1.54) is 6.92 Å². The summed E-state index contributed by atoms with van der Waals surface area (Å²) in [4.78, 5) is 35.5. The van der Waals surface area contributed by atoms with Crippen molar-refractivity contribution in [1.29, 1.82) is 0 Å². The van der Waals surface area contributed by atoms with Crippen molar-refractivity contribution in [2.45, 2.75) is 44.3 Å². The van der Waals surface area contributed by atoms with Gasteiger partial charge in [0.2, 0.25) is 5.91 Å². The van der Waals surface area contributed by atoms with Crippen molar-refractivity contribution in [2.75, 3.05) is 19.8 Å². The summed E-state index contributed by atoms with van der Waals surface area (Å²) in [5.74, 6) is -1.05. The molecule has 194 valence electrons. The van der Waals surface area contributed by atoms with Crippen molar-refractivity contribution in [2.24, 2.45) is 0 Å². The van der Waals surface area contributed by atoms with Crippen LogP contribution >= 0.6 is 0 Å². The van der Waals surface area contributed by atoms with E-state index in [-0.39, 0.29) is 18.8 Å². The molecule has 10 nitrogen and oxygen atoms in total. The van der Waals surface area contributed by atoms with Crippen molar-refractivity contribution >= 4 is 23.9 Å². The van der Waals surface area contributed by atoms with Crippen molar-refractivity contribution in [3.05, 3.63) is 71.5 Å². The summed E-state index contributed by atoms with van der Waals surface area (Å²) in [6.07, 6.45) is -0.977. The van der Waals surface area contributed by atoms with E-state index in [9.17, 15) is 29.7 Å². The molecule has 0 saturated heterocycles. The zero-order valence-corrected chi connectivity index (χ0v) is 20.2. The Bertz CT molecular complexity index is 1040. The van der Waals surface area contributed by atoms with Crippen LogP contribution in [0.2, 0.25) is 0 Å². The molecule has 5 atom stereocenters. The maximum atomic E-state index is 12.3. The van der Waals surface area contributed by atoms with Crippen LogP contribution in [0.1, 0.15) is 30.9 Å². The Morgan fingerprint density at radius 3 is 2.61 bits per heavy atom. The van der Waals surface area contributed by atoms with Gasteiger partial charge in [-0.3, -0.25) is 4.79 Å². The minimum atomic E-state index is -1.76. The minimum absolute atomic E-state index is 0.00118. The number of fused-ring (bicyclic) bond motifs is 1. The van der Waals surface area contributed by atoms with E-state index in [1.807, 2.05) is 37.3 Å². The molecule has 0 bridgehead atoms. The maximum Gasteiger partial charge on any atom is 0.407 e. The fourth-order valence-corrected chi connectivity index (χ4v) is 3.66. The number of aliphatic hydroxyl groups excluding tert-OH is 3. The average molecular weight is 501 g/mol. The van der Waals surface area contributed by atoms with E-state index < -0.39 is 49.7 Å². The predicted molar refractivity (Wildman–Crippen MR) is 132 cm³/mol. The molecule has 1 aromatic carbocycles. The number of nitrogens with one attached hydrogen (secondary N) is 2. The summed E-state index contributed by atoms with van der Waals surface area (Å²) in [6.45, 7) is 5.92. The fourth-order valence-electron chi connectivity index (χ4n) is 3.66. The van der Waals surface area contributed by atoms with Crippen LogP contribution in [0.4, 0.5) is 4.79 Å². The van der Waals surface area contributed by atoms with E-state index in [0.29, 0.717) is 0 Å². The molecule has 0 fully saturated rings. The third-order valence-corrected chi connectivity index (χ3v) is 5.49. The number of carbonyl (C=O) groups is 3. The van der Waals surface area contributed by atoms with E-state index in [0.717, 1.165) is 22.3 Å². The Morgan fingerprint density at radius 2 is 2.00 bits per heavy atom. The van der Waals surface area contributed by atoms with Crippen LogP contribution in [0.5, 0.6) is 0 Å². The van der Waals surface area contributed by atoms with Gasteiger partial charge in [0.05, 0.1) is 12.7 Å². The molecule has 0 saturated carbocycles. The molecule has 2 rings (SSSR count). The van der Waals surface area contributed by atoms with Crippen molar-refractivity contribution < 1.29 is 39.2 Å². The third kappa shape index (κ3) is 7.48. The second kappa shape index (κ2) is 14.1. The number of hydrogen-bond acceptors (Lipinski definition) is 8. The number of hydrogen-bond donors (Lipinski definition) is 5. The highest BCUT2D eigenvalue weighted by molar-refractivity contribution is 5.86. The Hall–Kier alpha value is -3.53. The lowest BCUT2D eigenvalue weighted by Crippen LogP contribution is -2.52. The predicted octanol–water partition coefficient (Wildman–Crippen LogP) is 0.941. The van der Waals surface area contributed by atoms with Crippen molar-refractivity contribution in [3.63, 3.8) is 0 Å². The molecule has 1 aliphatic rings. The number of aliphatic hydroxyl groups is 3. The largest absolute Gasteiger partial charge is 0.449 e. The minimum Gasteiger partial charge on any atom is -0.449 e. The normalized spacial score (nSPS) is 17.5. The highest BCUT2D eigenvalue weighted by atomic mass is 16.6. The van der Waals surface area contributed by atoms with Crippen LogP contribution in [0.15, 0.2) is 60.4 Å². The van der Waals surface area contributed by atoms with Gasteiger partial charge in [-0.25, -0.2) is 4.79 Å². The highest BCUT2D eigenvalue weighted by Crippen LogP contribution is 2.43. The summed E-state index contributed by atoms with van der Waals surface area (Å²) in [7, 11) is 0. The van der Waals surface area contributed by atoms with Gasteiger partial charge in [-0.2, -0.15) is 0 Å². The number of ether oxygens (including phenoxy) is 2. The quantitative estimate of drug-likeness (QED) is 0.152. The molecule has 1 aliphatic carbocycles. The number of rotatable bonds is 13. The second-order valence-corrected chi connectivity index (χ2v) is 7.98. The molecule has 0 spiro atoms. The smallest absolute Gasteiger partial charge is 0.407 e. The van der Waals surface area contributed by atoms with Crippen molar-refractivity contribution in [3.8, 4) is 0 Å². The Labute approximate surface area is 209 Å². The molecule has 10 heteroatoms. The molecule has 1 aromatic rings. The first kappa shape index (κ1) is 28.7. The van der Waals surface area contributed by atoms with Crippen LogP contribution in [0, 0.1) is 0 Å². The van der Waals surface area contributed by atoms with Gasteiger partial charge in [-0.1, -0.05) is 36.9 Å². The molecular formula is C26H32N2O8. The Balaban J connectivity index is 1.99. The summed E-state index contributed by atoms with van der Waals surface area (Å²) < 4.78 is 10.6. The number of allylic oxidation sites excluding steroid dienone is 3. The molecule has 2 amide bonds. The SMILES string of the molecule is C=CC1=C(C=C=CC)C(COC(=O)NCC(=O)NC(OC(CO)C(C)O)C(O)C=O)c2ccccc21. The highest BCUT2D eigenvalue weighted by Gasteiger charge is 2.30. The van der Waals surface area contributed by atoms with Crippen LogP contribution in [-0.2, 0) is 19.1 Å².